The van der Waals surface area contributed by atoms with Gasteiger partial charge in [-0.15, -0.1) is 0 Å². The largest absolute Gasteiger partial charge is 0.366 e. The van der Waals surface area contributed by atoms with Crippen molar-refractivity contribution in [1.29, 1.82) is 0 Å². The maximum Gasteiger partial charge on any atom is 0.248 e. The van der Waals surface area contributed by atoms with E-state index in [9.17, 15) is 4.79 Å². The number of hydrogen-bond donors (Lipinski definition) is 2. The Kier molecular flexibility index (Phi) is 3.30. The molecule has 2 heterocycles. The standard InChI is InChI=1S/C12H10Cl2N6O/c1-5-8(11(15)21)10(20-12(16-5)17-18-19-20)6-3-2-4-7(13)9(6)14/h2-4,10H,1H3,(H2,15,21)(H,16,17,19). The molecular formula is C12H10Cl2N6O. The van der Waals surface area contributed by atoms with E-state index in [4.69, 9.17) is 28.9 Å². The molecular weight excluding hydrogens is 315 g/mol. The number of benzene rings is 1. The summed E-state index contributed by atoms with van der Waals surface area (Å²) in [5.41, 5.74) is 7.02. The number of hydrogen-bond acceptors (Lipinski definition) is 5. The van der Waals surface area contributed by atoms with Crippen molar-refractivity contribution in [3.8, 4) is 0 Å². The van der Waals surface area contributed by atoms with Crippen LogP contribution in [0, 0.1) is 0 Å². The summed E-state index contributed by atoms with van der Waals surface area (Å²) in [5, 5.41) is 15.0. The minimum absolute atomic E-state index is 0.332. The van der Waals surface area contributed by atoms with Crippen molar-refractivity contribution in [2.45, 2.75) is 13.0 Å². The molecule has 108 valence electrons. The molecule has 0 aliphatic carbocycles. The van der Waals surface area contributed by atoms with Gasteiger partial charge in [-0.2, -0.15) is 4.68 Å². The Morgan fingerprint density at radius 3 is 2.90 bits per heavy atom. The number of halogens is 2. The lowest BCUT2D eigenvalue weighted by atomic mass is 9.95. The van der Waals surface area contributed by atoms with Gasteiger partial charge in [-0.05, 0) is 23.4 Å². The summed E-state index contributed by atoms with van der Waals surface area (Å²) < 4.78 is 1.45. The van der Waals surface area contributed by atoms with E-state index in [0.717, 1.165) is 0 Å². The second-order valence-electron chi connectivity index (χ2n) is 4.52. The van der Waals surface area contributed by atoms with E-state index in [1.165, 1.54) is 4.68 Å². The van der Waals surface area contributed by atoms with Crippen LogP contribution in [0.2, 0.25) is 10.0 Å². The second-order valence-corrected chi connectivity index (χ2v) is 5.31. The molecule has 0 saturated carbocycles. The van der Waals surface area contributed by atoms with Gasteiger partial charge in [0.05, 0.1) is 15.6 Å². The number of amides is 1. The van der Waals surface area contributed by atoms with Crippen molar-refractivity contribution in [2.75, 3.05) is 5.32 Å². The van der Waals surface area contributed by atoms with E-state index >= 15 is 0 Å². The molecule has 9 heteroatoms. The van der Waals surface area contributed by atoms with E-state index in [1.54, 1.807) is 25.1 Å². The third kappa shape index (κ3) is 2.14. The molecule has 1 aliphatic rings. The summed E-state index contributed by atoms with van der Waals surface area (Å²) in [6.07, 6.45) is 0. The summed E-state index contributed by atoms with van der Waals surface area (Å²) in [4.78, 5) is 11.8. The van der Waals surface area contributed by atoms with Gasteiger partial charge in [-0.1, -0.05) is 40.4 Å². The first-order chi connectivity index (χ1) is 10.0. The molecule has 1 unspecified atom stereocenters. The number of nitrogens with zero attached hydrogens (tertiary/aromatic N) is 4. The molecule has 1 aromatic heterocycles. The van der Waals surface area contributed by atoms with Gasteiger partial charge in [0.2, 0.25) is 11.9 Å². The van der Waals surface area contributed by atoms with Crippen molar-refractivity contribution < 1.29 is 4.79 Å². The highest BCUT2D eigenvalue weighted by molar-refractivity contribution is 6.42. The number of anilines is 1. The van der Waals surface area contributed by atoms with Crippen molar-refractivity contribution in [2.24, 2.45) is 5.73 Å². The highest BCUT2D eigenvalue weighted by Crippen LogP contribution is 2.39. The van der Waals surface area contributed by atoms with Crippen LogP contribution in [0.5, 0.6) is 0 Å². The molecule has 0 spiro atoms. The van der Waals surface area contributed by atoms with Crippen LogP contribution >= 0.6 is 23.2 Å². The Labute approximate surface area is 129 Å². The average molecular weight is 325 g/mol. The third-order valence-corrected chi connectivity index (χ3v) is 4.09. The maximum atomic E-state index is 11.8. The zero-order valence-electron chi connectivity index (χ0n) is 10.8. The Balaban J connectivity index is 2.27. The molecule has 1 aliphatic heterocycles. The van der Waals surface area contributed by atoms with Crippen molar-refractivity contribution >= 4 is 35.1 Å². The number of fused-ring (bicyclic) bond motifs is 1. The minimum Gasteiger partial charge on any atom is -0.366 e. The molecule has 1 atom stereocenters. The van der Waals surface area contributed by atoms with Crippen molar-refractivity contribution in [3.63, 3.8) is 0 Å². The van der Waals surface area contributed by atoms with Gasteiger partial charge in [0, 0.05) is 11.3 Å². The van der Waals surface area contributed by atoms with Gasteiger partial charge < -0.3 is 11.1 Å². The molecule has 1 amide bonds. The summed E-state index contributed by atoms with van der Waals surface area (Å²) in [5.74, 6) is -0.180. The van der Waals surface area contributed by atoms with Gasteiger partial charge in [-0.3, -0.25) is 4.79 Å². The molecule has 3 N–H and O–H groups in total. The summed E-state index contributed by atoms with van der Waals surface area (Å²) in [6, 6.07) is 4.53. The fourth-order valence-electron chi connectivity index (χ4n) is 2.35. The van der Waals surface area contributed by atoms with E-state index in [2.05, 4.69) is 20.8 Å². The number of carbonyl (C=O) groups is 1. The minimum atomic E-state index is -0.625. The lowest BCUT2D eigenvalue weighted by Crippen LogP contribution is -2.32. The SMILES string of the molecule is CC1=C(C(N)=O)C(c2cccc(Cl)c2Cl)n2nnnc2N1. The molecule has 0 bridgehead atoms. The Hall–Kier alpha value is -2.12. The van der Waals surface area contributed by atoms with Gasteiger partial charge in [0.15, 0.2) is 0 Å². The van der Waals surface area contributed by atoms with E-state index in [0.29, 0.717) is 32.8 Å². The van der Waals surface area contributed by atoms with Crippen molar-refractivity contribution in [3.05, 3.63) is 45.1 Å². The fraction of sp³-hybridized carbons (Fsp3) is 0.167. The van der Waals surface area contributed by atoms with E-state index < -0.39 is 11.9 Å². The van der Waals surface area contributed by atoms with Crippen LogP contribution in [0.4, 0.5) is 5.95 Å². The van der Waals surface area contributed by atoms with Gasteiger partial charge in [0.25, 0.3) is 0 Å². The third-order valence-electron chi connectivity index (χ3n) is 3.26. The predicted octanol–water partition coefficient (Wildman–Crippen LogP) is 1.75. The number of nitrogens with two attached hydrogens (primary N) is 1. The number of rotatable bonds is 2. The molecule has 3 rings (SSSR count). The van der Waals surface area contributed by atoms with Crippen LogP contribution < -0.4 is 11.1 Å². The quantitative estimate of drug-likeness (QED) is 0.876. The number of aromatic nitrogens is 4. The van der Waals surface area contributed by atoms with Crippen LogP contribution in [0.3, 0.4) is 0 Å². The lowest BCUT2D eigenvalue weighted by molar-refractivity contribution is -0.115. The van der Waals surface area contributed by atoms with Gasteiger partial charge in [-0.25, -0.2) is 0 Å². The van der Waals surface area contributed by atoms with Crippen molar-refractivity contribution in [1.82, 2.24) is 20.2 Å². The maximum absolute atomic E-state index is 11.8. The van der Waals surface area contributed by atoms with Crippen LogP contribution in [0.1, 0.15) is 18.5 Å². The monoisotopic (exact) mass is 324 g/mol. The number of carbonyl (C=O) groups excluding carboxylic acids is 1. The highest BCUT2D eigenvalue weighted by atomic mass is 35.5. The molecule has 2 aromatic rings. The normalized spacial score (nSPS) is 17.4. The summed E-state index contributed by atoms with van der Waals surface area (Å²) in [6.45, 7) is 1.73. The van der Waals surface area contributed by atoms with Crippen LogP contribution in [0.15, 0.2) is 29.5 Å². The second kappa shape index (κ2) is 5.01. The Morgan fingerprint density at radius 1 is 1.43 bits per heavy atom. The fourth-order valence-corrected chi connectivity index (χ4v) is 2.76. The zero-order chi connectivity index (χ0) is 15.1. The van der Waals surface area contributed by atoms with Gasteiger partial charge >= 0.3 is 0 Å². The van der Waals surface area contributed by atoms with Crippen LogP contribution in [0.25, 0.3) is 0 Å². The first kappa shape index (κ1) is 13.8. The summed E-state index contributed by atoms with van der Waals surface area (Å²) >= 11 is 12.3. The molecule has 0 fully saturated rings. The zero-order valence-corrected chi connectivity index (χ0v) is 12.4. The molecule has 0 saturated heterocycles. The Bertz CT molecular complexity index is 769. The molecule has 0 radical (unpaired) electrons. The van der Waals surface area contributed by atoms with E-state index in [1.807, 2.05) is 0 Å². The number of tetrazole rings is 1. The van der Waals surface area contributed by atoms with Gasteiger partial charge in [0.1, 0.15) is 6.04 Å². The first-order valence-electron chi connectivity index (χ1n) is 6.00. The summed E-state index contributed by atoms with van der Waals surface area (Å²) in [7, 11) is 0. The number of allylic oxidation sites excluding steroid dienone is 1. The smallest absolute Gasteiger partial charge is 0.248 e. The average Bonchev–Trinajstić information content (AvgIpc) is 2.88. The molecule has 7 nitrogen and oxygen atoms in total. The molecule has 21 heavy (non-hydrogen) atoms. The topological polar surface area (TPSA) is 98.7 Å². The Morgan fingerprint density at radius 2 is 2.19 bits per heavy atom. The van der Waals surface area contributed by atoms with Crippen LogP contribution in [-0.2, 0) is 4.79 Å². The number of primary amides is 1. The first-order valence-corrected chi connectivity index (χ1v) is 6.75. The lowest BCUT2D eigenvalue weighted by Gasteiger charge is -2.27. The highest BCUT2D eigenvalue weighted by Gasteiger charge is 2.34. The van der Waals surface area contributed by atoms with Crippen LogP contribution in [-0.4, -0.2) is 26.1 Å². The van der Waals surface area contributed by atoms with E-state index in [-0.39, 0.29) is 0 Å². The molecule has 1 aromatic carbocycles. The number of nitrogens with one attached hydrogen (secondary N) is 1. The predicted molar refractivity (Wildman–Crippen MR) is 77.9 cm³/mol.